The second kappa shape index (κ2) is 9.40. The van der Waals surface area contributed by atoms with Crippen molar-refractivity contribution in [3.63, 3.8) is 0 Å². The molecule has 4 rings (SSSR count). The fraction of sp³-hybridized carbons (Fsp3) is 0.273. The predicted molar refractivity (Wildman–Crippen MR) is 118 cm³/mol. The molecule has 30 heavy (non-hydrogen) atoms. The second-order valence-electron chi connectivity index (χ2n) is 7.03. The average Bonchev–Trinajstić information content (AvgIpc) is 3.30. The summed E-state index contributed by atoms with van der Waals surface area (Å²) in [5.74, 6) is -0.842. The van der Waals surface area contributed by atoms with Crippen molar-refractivity contribution in [3.05, 3.63) is 64.2 Å². The van der Waals surface area contributed by atoms with Crippen molar-refractivity contribution in [2.75, 3.05) is 5.75 Å². The number of aromatic carboxylic acids is 1. The highest BCUT2D eigenvalue weighted by atomic mass is 32.2. The van der Waals surface area contributed by atoms with Crippen molar-refractivity contribution in [1.29, 1.82) is 0 Å². The van der Waals surface area contributed by atoms with Gasteiger partial charge in [0.15, 0.2) is 5.16 Å². The summed E-state index contributed by atoms with van der Waals surface area (Å²) in [5, 5.41) is 14.5. The number of thiophene rings is 1. The van der Waals surface area contributed by atoms with E-state index in [1.807, 2.05) is 6.07 Å². The molecule has 0 atom stereocenters. The summed E-state index contributed by atoms with van der Waals surface area (Å²) >= 11 is 3.02. The van der Waals surface area contributed by atoms with Crippen molar-refractivity contribution < 1.29 is 14.7 Å². The molecule has 0 spiro atoms. The van der Waals surface area contributed by atoms with Crippen molar-refractivity contribution in [1.82, 2.24) is 15.3 Å². The van der Waals surface area contributed by atoms with E-state index in [9.17, 15) is 9.59 Å². The number of aryl methyl sites for hydroxylation is 1. The lowest BCUT2D eigenvalue weighted by atomic mass is 9.94. The third-order valence-electron chi connectivity index (χ3n) is 4.94. The first-order valence-corrected chi connectivity index (χ1v) is 11.6. The zero-order valence-corrected chi connectivity index (χ0v) is 17.9. The lowest BCUT2D eigenvalue weighted by Gasteiger charge is -2.18. The number of carbonyl (C=O) groups excluding carboxylic acids is 1. The molecule has 1 aromatic carbocycles. The monoisotopic (exact) mass is 439 g/mol. The molecule has 8 heteroatoms. The van der Waals surface area contributed by atoms with E-state index in [-0.39, 0.29) is 17.2 Å². The Bertz CT molecular complexity index is 1050. The number of carboxylic acids is 1. The van der Waals surface area contributed by atoms with E-state index >= 15 is 0 Å². The van der Waals surface area contributed by atoms with Gasteiger partial charge < -0.3 is 10.4 Å². The highest BCUT2D eigenvalue weighted by Gasteiger charge is 2.20. The molecule has 2 aromatic heterocycles. The normalized spacial score (nSPS) is 12.9. The minimum atomic E-state index is -0.964. The van der Waals surface area contributed by atoms with Crippen LogP contribution in [0.25, 0.3) is 10.6 Å². The van der Waals surface area contributed by atoms with Gasteiger partial charge in [-0.25, -0.2) is 14.8 Å². The van der Waals surface area contributed by atoms with Crippen LogP contribution in [0.2, 0.25) is 0 Å². The average molecular weight is 440 g/mol. The van der Waals surface area contributed by atoms with Crippen LogP contribution in [0, 0.1) is 0 Å². The minimum Gasteiger partial charge on any atom is -0.478 e. The number of amides is 1. The number of rotatable bonds is 7. The molecule has 1 aliphatic carbocycles. The quantitative estimate of drug-likeness (QED) is 0.424. The topological polar surface area (TPSA) is 92.2 Å². The van der Waals surface area contributed by atoms with Crippen LogP contribution in [0.5, 0.6) is 0 Å². The highest BCUT2D eigenvalue weighted by Crippen LogP contribution is 2.33. The minimum absolute atomic E-state index is 0.110. The Labute approximate surface area is 182 Å². The number of benzene rings is 1. The van der Waals surface area contributed by atoms with Crippen LogP contribution in [0.1, 0.15) is 40.0 Å². The molecule has 0 aliphatic heterocycles. The zero-order valence-electron chi connectivity index (χ0n) is 16.3. The molecule has 6 nitrogen and oxygen atoms in total. The molecule has 0 saturated heterocycles. The first-order valence-electron chi connectivity index (χ1n) is 9.75. The van der Waals surface area contributed by atoms with Gasteiger partial charge in [-0.05, 0) is 54.8 Å². The molecule has 3 aromatic rings. The summed E-state index contributed by atoms with van der Waals surface area (Å²) in [6, 6.07) is 10.6. The van der Waals surface area contributed by atoms with E-state index in [0.29, 0.717) is 11.7 Å². The number of thioether (sulfide) groups is 1. The largest absolute Gasteiger partial charge is 0.478 e. The van der Waals surface area contributed by atoms with Crippen LogP contribution in [-0.4, -0.2) is 32.7 Å². The van der Waals surface area contributed by atoms with Gasteiger partial charge in [-0.15, -0.1) is 11.3 Å². The summed E-state index contributed by atoms with van der Waals surface area (Å²) in [4.78, 5) is 33.8. The molecule has 1 amide bonds. The van der Waals surface area contributed by atoms with E-state index in [1.54, 1.807) is 23.5 Å². The molecule has 1 aliphatic rings. The number of aromatic nitrogens is 2. The van der Waals surface area contributed by atoms with Crippen LogP contribution in [0.15, 0.2) is 46.9 Å². The van der Waals surface area contributed by atoms with Crippen molar-refractivity contribution in [3.8, 4) is 10.6 Å². The van der Waals surface area contributed by atoms with Gasteiger partial charge in [0, 0.05) is 17.8 Å². The summed E-state index contributed by atoms with van der Waals surface area (Å²) in [6.45, 7) is 0.352. The van der Waals surface area contributed by atoms with Crippen molar-refractivity contribution >= 4 is 35.0 Å². The number of nitrogens with one attached hydrogen (secondary N) is 1. The Balaban J connectivity index is 1.39. The lowest BCUT2D eigenvalue weighted by molar-refractivity contribution is -0.118. The summed E-state index contributed by atoms with van der Waals surface area (Å²) in [5.41, 5.74) is 4.45. The van der Waals surface area contributed by atoms with Crippen LogP contribution in [-0.2, 0) is 24.2 Å². The number of nitrogens with zero attached hydrogens (tertiary/aromatic N) is 2. The van der Waals surface area contributed by atoms with Crippen LogP contribution < -0.4 is 5.32 Å². The number of carboxylic acid groups (broad SMARTS) is 1. The Morgan fingerprint density at radius 2 is 1.90 bits per heavy atom. The Hall–Kier alpha value is -2.71. The molecule has 0 fully saturated rings. The number of hydrogen-bond acceptors (Lipinski definition) is 6. The third kappa shape index (κ3) is 4.88. The lowest BCUT2D eigenvalue weighted by Crippen LogP contribution is -2.24. The van der Waals surface area contributed by atoms with E-state index in [1.165, 1.54) is 29.5 Å². The zero-order chi connectivity index (χ0) is 20.9. The van der Waals surface area contributed by atoms with Gasteiger partial charge in [0.1, 0.15) is 0 Å². The van der Waals surface area contributed by atoms with Crippen LogP contribution >= 0.6 is 23.1 Å². The molecule has 2 N–H and O–H groups in total. The van der Waals surface area contributed by atoms with Gasteiger partial charge in [-0.1, -0.05) is 30.0 Å². The van der Waals surface area contributed by atoms with Crippen molar-refractivity contribution in [2.45, 2.75) is 37.4 Å². The van der Waals surface area contributed by atoms with Gasteiger partial charge in [-0.2, -0.15) is 0 Å². The van der Waals surface area contributed by atoms with Gasteiger partial charge in [0.2, 0.25) is 5.91 Å². The smallest absolute Gasteiger partial charge is 0.335 e. The fourth-order valence-electron chi connectivity index (χ4n) is 3.40. The van der Waals surface area contributed by atoms with E-state index < -0.39 is 5.97 Å². The second-order valence-corrected chi connectivity index (χ2v) is 8.92. The number of carbonyl (C=O) groups is 2. The first-order chi connectivity index (χ1) is 14.6. The summed E-state index contributed by atoms with van der Waals surface area (Å²) < 4.78 is 0. The summed E-state index contributed by atoms with van der Waals surface area (Å²) in [7, 11) is 0. The molecule has 0 saturated carbocycles. The molecule has 154 valence electrons. The maximum atomic E-state index is 12.3. The molecule has 0 unspecified atom stereocenters. The summed E-state index contributed by atoms with van der Waals surface area (Å²) in [6.07, 6.45) is 4.27. The maximum absolute atomic E-state index is 12.3. The molecule has 0 bridgehead atoms. The van der Waals surface area contributed by atoms with E-state index in [2.05, 4.69) is 16.8 Å². The van der Waals surface area contributed by atoms with Gasteiger partial charge in [-0.3, -0.25) is 4.79 Å². The van der Waals surface area contributed by atoms with Gasteiger partial charge in [0.05, 0.1) is 21.9 Å². The number of hydrogen-bond donors (Lipinski definition) is 2. The molecule has 0 radical (unpaired) electrons. The molecular formula is C22H21N3O3S2. The van der Waals surface area contributed by atoms with E-state index in [0.717, 1.165) is 47.5 Å². The van der Waals surface area contributed by atoms with Gasteiger partial charge >= 0.3 is 5.97 Å². The van der Waals surface area contributed by atoms with Crippen molar-refractivity contribution in [2.24, 2.45) is 0 Å². The Morgan fingerprint density at radius 1 is 1.10 bits per heavy atom. The third-order valence-corrected chi connectivity index (χ3v) is 6.66. The van der Waals surface area contributed by atoms with Crippen LogP contribution in [0.3, 0.4) is 0 Å². The molecule has 2 heterocycles. The number of fused-ring (bicyclic) bond motifs is 1. The highest BCUT2D eigenvalue weighted by molar-refractivity contribution is 7.99. The van der Waals surface area contributed by atoms with E-state index in [4.69, 9.17) is 15.1 Å². The predicted octanol–water partition coefficient (Wildman–Crippen LogP) is 4.19. The Morgan fingerprint density at radius 3 is 2.63 bits per heavy atom. The van der Waals surface area contributed by atoms with Gasteiger partial charge in [0.25, 0.3) is 0 Å². The fourth-order valence-corrected chi connectivity index (χ4v) is 4.83. The Kier molecular flexibility index (Phi) is 6.44. The maximum Gasteiger partial charge on any atom is 0.335 e. The van der Waals surface area contributed by atoms with Crippen LogP contribution in [0.4, 0.5) is 0 Å². The SMILES string of the molecule is O=C(CSc1nc2c(c(-c3cccs3)n1)CCCC2)NCc1ccc(C(=O)O)cc1. The molecular weight excluding hydrogens is 418 g/mol. The standard InChI is InChI=1S/C22H21N3O3S2/c26-19(23-12-14-7-9-15(10-8-14)21(27)28)13-30-22-24-17-5-2-1-4-16(17)20(25-22)18-6-3-11-29-18/h3,6-11H,1-2,4-5,12-13H2,(H,23,26)(H,27,28). The first kappa shape index (κ1) is 20.6.